The molecule has 0 fully saturated rings. The van der Waals surface area contributed by atoms with E-state index in [1.165, 1.54) is 11.3 Å². The van der Waals surface area contributed by atoms with Crippen LogP contribution in [0.1, 0.15) is 12.6 Å². The molecule has 0 aliphatic heterocycles. The van der Waals surface area contributed by atoms with Crippen molar-refractivity contribution in [3.05, 3.63) is 11.1 Å². The molecule has 84 valence electrons. The highest BCUT2D eigenvalue weighted by molar-refractivity contribution is 7.13. The van der Waals surface area contributed by atoms with E-state index < -0.39 is 0 Å². The Kier molecular flexibility index (Phi) is 4.05. The summed E-state index contributed by atoms with van der Waals surface area (Å²) in [6.45, 7) is 2.29. The molecule has 3 N–H and O–H groups in total. The van der Waals surface area contributed by atoms with Crippen molar-refractivity contribution in [1.29, 1.82) is 0 Å². The van der Waals surface area contributed by atoms with Gasteiger partial charge in [-0.25, -0.2) is 4.98 Å². The molecule has 1 rings (SSSR count). The fraction of sp³-hybridized carbons (Fsp3) is 0.556. The average Bonchev–Trinajstić information content (AvgIpc) is 2.59. The van der Waals surface area contributed by atoms with Crippen molar-refractivity contribution in [2.75, 3.05) is 19.8 Å². The van der Waals surface area contributed by atoms with Crippen LogP contribution in [0, 0.1) is 0 Å². The van der Waals surface area contributed by atoms with Crippen molar-refractivity contribution in [2.45, 2.75) is 19.5 Å². The lowest BCUT2D eigenvalue weighted by atomic mass is 10.3. The number of likely N-dealkylation sites (N-methyl/N-ethyl adjacent to an activating group) is 1. The number of hydrogen-bond acceptors (Lipinski definition) is 5. The quantitative estimate of drug-likeness (QED) is 0.777. The lowest BCUT2D eigenvalue weighted by molar-refractivity contribution is -0.125. The van der Waals surface area contributed by atoms with Gasteiger partial charge in [0.1, 0.15) is 0 Å². The zero-order valence-corrected chi connectivity index (χ0v) is 9.97. The molecule has 0 radical (unpaired) electrons. The molecule has 1 heterocycles. The van der Waals surface area contributed by atoms with Crippen molar-refractivity contribution in [3.63, 3.8) is 0 Å². The van der Waals surface area contributed by atoms with E-state index >= 15 is 0 Å². The smallest absolute Gasteiger partial charge is 0.237 e. The van der Waals surface area contributed by atoms with Crippen LogP contribution in [0.2, 0.25) is 0 Å². The first kappa shape index (κ1) is 11.9. The topological polar surface area (TPSA) is 71.2 Å². The van der Waals surface area contributed by atoms with Crippen molar-refractivity contribution in [3.8, 4) is 0 Å². The van der Waals surface area contributed by atoms with Gasteiger partial charge in [-0.1, -0.05) is 0 Å². The van der Waals surface area contributed by atoms with Gasteiger partial charge in [-0.05, 0) is 21.0 Å². The van der Waals surface area contributed by atoms with Crippen LogP contribution in [-0.2, 0) is 11.3 Å². The summed E-state index contributed by atoms with van der Waals surface area (Å²) in [4.78, 5) is 17.5. The minimum atomic E-state index is -0.138. The number of hydrogen-bond donors (Lipinski definition) is 2. The number of anilines is 1. The van der Waals surface area contributed by atoms with Gasteiger partial charge in [0.05, 0.1) is 18.3 Å². The number of nitrogens with one attached hydrogen (secondary N) is 1. The molecule has 0 aliphatic carbocycles. The molecule has 1 amide bonds. The first-order valence-electron chi connectivity index (χ1n) is 4.64. The van der Waals surface area contributed by atoms with Gasteiger partial charge in [0, 0.05) is 5.38 Å². The van der Waals surface area contributed by atoms with Crippen LogP contribution in [-0.4, -0.2) is 35.9 Å². The second-order valence-corrected chi connectivity index (χ2v) is 4.42. The Hall–Kier alpha value is -1.14. The molecular weight excluding hydrogens is 212 g/mol. The van der Waals surface area contributed by atoms with Gasteiger partial charge < -0.3 is 11.1 Å². The number of rotatable bonds is 4. The van der Waals surface area contributed by atoms with Gasteiger partial charge in [0.2, 0.25) is 5.91 Å². The molecule has 0 bridgehead atoms. The Balaban J connectivity index is 2.40. The van der Waals surface area contributed by atoms with Crippen LogP contribution in [0.4, 0.5) is 5.13 Å². The van der Waals surface area contributed by atoms with Gasteiger partial charge in [0.15, 0.2) is 5.13 Å². The summed E-state index contributed by atoms with van der Waals surface area (Å²) in [6.07, 6.45) is 0. The second kappa shape index (κ2) is 5.09. The van der Waals surface area contributed by atoms with E-state index in [0.29, 0.717) is 11.7 Å². The number of nitrogens with zero attached hydrogens (tertiary/aromatic N) is 2. The normalized spacial score (nSPS) is 12.8. The minimum absolute atomic E-state index is 0.00780. The zero-order valence-electron chi connectivity index (χ0n) is 9.15. The molecule has 0 saturated heterocycles. The van der Waals surface area contributed by atoms with E-state index in [4.69, 9.17) is 5.73 Å². The van der Waals surface area contributed by atoms with E-state index in [1.807, 2.05) is 31.3 Å². The first-order chi connectivity index (χ1) is 7.00. The number of carbonyl (C=O) groups is 1. The van der Waals surface area contributed by atoms with E-state index in [0.717, 1.165) is 5.69 Å². The Bertz CT molecular complexity index is 337. The van der Waals surface area contributed by atoms with Gasteiger partial charge in [-0.3, -0.25) is 9.69 Å². The van der Waals surface area contributed by atoms with Gasteiger partial charge in [0.25, 0.3) is 0 Å². The fourth-order valence-electron chi connectivity index (χ4n) is 0.964. The summed E-state index contributed by atoms with van der Waals surface area (Å²) >= 11 is 1.38. The molecule has 1 aromatic heterocycles. The molecule has 0 saturated carbocycles. The number of carbonyl (C=O) groups excluding carboxylic acids is 1. The highest BCUT2D eigenvalue weighted by Gasteiger charge is 2.14. The molecule has 1 atom stereocenters. The minimum Gasteiger partial charge on any atom is -0.375 e. The number of nitrogen functional groups attached to an aromatic ring is 1. The standard InChI is InChI=1S/C9H16N4OS/c1-6(13(2)3)8(14)11-4-7-5-15-9(10)12-7/h5-6H,4H2,1-3H3,(H2,10,12)(H,11,14)/t6-/m1/s1. The summed E-state index contributed by atoms with van der Waals surface area (Å²) in [5, 5.41) is 5.17. The maximum absolute atomic E-state index is 11.6. The lowest BCUT2D eigenvalue weighted by Gasteiger charge is -2.18. The molecule has 5 nitrogen and oxygen atoms in total. The van der Waals surface area contributed by atoms with Crippen LogP contribution < -0.4 is 11.1 Å². The third-order valence-electron chi connectivity index (χ3n) is 2.17. The predicted molar refractivity (Wildman–Crippen MR) is 61.5 cm³/mol. The van der Waals surface area contributed by atoms with Crippen LogP contribution in [0.25, 0.3) is 0 Å². The Labute approximate surface area is 93.3 Å². The maximum atomic E-state index is 11.6. The fourth-order valence-corrected chi connectivity index (χ4v) is 1.53. The third-order valence-corrected chi connectivity index (χ3v) is 2.89. The van der Waals surface area contributed by atoms with Crippen LogP contribution in [0.3, 0.4) is 0 Å². The molecule has 6 heteroatoms. The second-order valence-electron chi connectivity index (χ2n) is 3.53. The molecule has 15 heavy (non-hydrogen) atoms. The number of aromatic nitrogens is 1. The highest BCUT2D eigenvalue weighted by Crippen LogP contribution is 2.10. The molecule has 0 spiro atoms. The van der Waals surface area contributed by atoms with Crippen LogP contribution in [0.15, 0.2) is 5.38 Å². The SMILES string of the molecule is C[C@H](C(=O)NCc1csc(N)n1)N(C)C. The molecule has 0 aliphatic rings. The van der Waals surface area contributed by atoms with Gasteiger partial charge in [-0.2, -0.15) is 0 Å². The Morgan fingerprint density at radius 2 is 2.40 bits per heavy atom. The van der Waals surface area contributed by atoms with E-state index in [1.54, 1.807) is 0 Å². The van der Waals surface area contributed by atoms with Gasteiger partial charge in [-0.15, -0.1) is 11.3 Å². The van der Waals surface area contributed by atoms with Crippen LogP contribution in [0.5, 0.6) is 0 Å². The summed E-state index contributed by atoms with van der Waals surface area (Å²) in [5.74, 6) is -0.00780. The van der Waals surface area contributed by atoms with E-state index in [9.17, 15) is 4.79 Å². The number of nitrogens with two attached hydrogens (primary N) is 1. The molecule has 0 aromatic carbocycles. The van der Waals surface area contributed by atoms with Crippen LogP contribution >= 0.6 is 11.3 Å². The monoisotopic (exact) mass is 228 g/mol. The van der Waals surface area contributed by atoms with Crippen molar-refractivity contribution in [1.82, 2.24) is 15.2 Å². The predicted octanol–water partition coefficient (Wildman–Crippen LogP) is 0.292. The molecule has 1 aromatic rings. The molecule has 0 unspecified atom stereocenters. The van der Waals surface area contributed by atoms with E-state index in [-0.39, 0.29) is 11.9 Å². The number of thiazole rings is 1. The van der Waals surface area contributed by atoms with Crippen molar-refractivity contribution in [2.24, 2.45) is 0 Å². The maximum Gasteiger partial charge on any atom is 0.237 e. The van der Waals surface area contributed by atoms with Gasteiger partial charge >= 0.3 is 0 Å². The highest BCUT2D eigenvalue weighted by atomic mass is 32.1. The van der Waals surface area contributed by atoms with Crippen molar-refractivity contribution < 1.29 is 4.79 Å². The first-order valence-corrected chi connectivity index (χ1v) is 5.52. The average molecular weight is 228 g/mol. The summed E-state index contributed by atoms with van der Waals surface area (Å²) in [7, 11) is 3.73. The summed E-state index contributed by atoms with van der Waals surface area (Å²) in [5.41, 5.74) is 6.28. The third kappa shape index (κ3) is 3.49. The number of amides is 1. The zero-order chi connectivity index (χ0) is 11.4. The largest absolute Gasteiger partial charge is 0.375 e. The Morgan fingerprint density at radius 3 is 2.87 bits per heavy atom. The van der Waals surface area contributed by atoms with Crippen molar-refractivity contribution >= 4 is 22.4 Å². The molecular formula is C9H16N4OS. The Morgan fingerprint density at radius 1 is 1.73 bits per heavy atom. The van der Waals surface area contributed by atoms with E-state index in [2.05, 4.69) is 10.3 Å². The lowest BCUT2D eigenvalue weighted by Crippen LogP contribution is -2.41. The summed E-state index contributed by atoms with van der Waals surface area (Å²) < 4.78 is 0. The summed E-state index contributed by atoms with van der Waals surface area (Å²) in [6, 6.07) is -0.138.